The molecule has 0 N–H and O–H groups in total. The van der Waals surface area contributed by atoms with E-state index in [1.165, 1.54) is 7.11 Å². The molecule has 5 nitrogen and oxygen atoms in total. The summed E-state index contributed by atoms with van der Waals surface area (Å²) in [5.74, 6) is -0.345. The van der Waals surface area contributed by atoms with Gasteiger partial charge in [-0.25, -0.2) is 0 Å². The van der Waals surface area contributed by atoms with Gasteiger partial charge in [0.2, 0.25) is 0 Å². The van der Waals surface area contributed by atoms with Gasteiger partial charge in [-0.05, 0) is 6.42 Å². The van der Waals surface area contributed by atoms with Crippen LogP contribution in [0.3, 0.4) is 0 Å². The smallest absolute Gasteiger partial charge is 0.325 e. The Labute approximate surface area is 110 Å². The van der Waals surface area contributed by atoms with Crippen LogP contribution >= 0.6 is 23.2 Å². The molecule has 0 radical (unpaired) electrons. The standard InChI is InChI=1S/C10H13Cl2N3O2/c1-3-4-15(6-9(16)17-2)7-5-8(11)13-14-10(7)12/h5H,3-4,6H2,1-2H3. The van der Waals surface area contributed by atoms with Crippen molar-refractivity contribution in [2.75, 3.05) is 25.1 Å². The number of esters is 1. The minimum absolute atomic E-state index is 0.103. The Morgan fingerprint density at radius 2 is 2.18 bits per heavy atom. The van der Waals surface area contributed by atoms with E-state index in [-0.39, 0.29) is 22.8 Å². The highest BCUT2D eigenvalue weighted by Gasteiger charge is 2.15. The highest BCUT2D eigenvalue weighted by molar-refractivity contribution is 6.33. The molecule has 0 amide bonds. The fourth-order valence-electron chi connectivity index (χ4n) is 1.34. The number of carbonyl (C=O) groups excluding carboxylic acids is 1. The van der Waals surface area contributed by atoms with Crippen molar-refractivity contribution in [2.45, 2.75) is 13.3 Å². The van der Waals surface area contributed by atoms with Crippen LogP contribution in [0.2, 0.25) is 10.3 Å². The van der Waals surface area contributed by atoms with E-state index in [2.05, 4.69) is 14.9 Å². The third-order valence-electron chi connectivity index (χ3n) is 2.08. The van der Waals surface area contributed by atoms with Crippen molar-refractivity contribution in [3.8, 4) is 0 Å². The average Bonchev–Trinajstić information content (AvgIpc) is 2.31. The summed E-state index contributed by atoms with van der Waals surface area (Å²) in [7, 11) is 1.34. The minimum Gasteiger partial charge on any atom is -0.468 e. The summed E-state index contributed by atoms with van der Waals surface area (Å²) in [6, 6.07) is 1.58. The molecule has 0 fully saturated rings. The van der Waals surface area contributed by atoms with Crippen LogP contribution in [0.5, 0.6) is 0 Å². The summed E-state index contributed by atoms with van der Waals surface area (Å²) in [4.78, 5) is 13.0. The number of aromatic nitrogens is 2. The predicted molar refractivity (Wildman–Crippen MR) is 66.6 cm³/mol. The maximum atomic E-state index is 11.3. The van der Waals surface area contributed by atoms with Gasteiger partial charge in [-0.3, -0.25) is 4.79 Å². The third kappa shape index (κ3) is 4.02. The van der Waals surface area contributed by atoms with Gasteiger partial charge in [0.1, 0.15) is 6.54 Å². The van der Waals surface area contributed by atoms with E-state index in [9.17, 15) is 4.79 Å². The van der Waals surface area contributed by atoms with Gasteiger partial charge in [0.25, 0.3) is 0 Å². The molecule has 0 bridgehead atoms. The van der Waals surface area contributed by atoms with Crippen molar-refractivity contribution in [2.24, 2.45) is 0 Å². The molecule has 1 aromatic heterocycles. The van der Waals surface area contributed by atoms with E-state index < -0.39 is 0 Å². The summed E-state index contributed by atoms with van der Waals surface area (Å²) < 4.78 is 4.63. The monoisotopic (exact) mass is 277 g/mol. The summed E-state index contributed by atoms with van der Waals surface area (Å²) >= 11 is 11.7. The van der Waals surface area contributed by atoms with Crippen molar-refractivity contribution in [1.82, 2.24) is 10.2 Å². The second kappa shape index (κ2) is 6.61. The van der Waals surface area contributed by atoms with E-state index in [1.807, 2.05) is 6.92 Å². The maximum absolute atomic E-state index is 11.3. The molecule has 94 valence electrons. The van der Waals surface area contributed by atoms with E-state index in [4.69, 9.17) is 23.2 Å². The lowest BCUT2D eigenvalue weighted by Crippen LogP contribution is -2.31. The third-order valence-corrected chi connectivity index (χ3v) is 2.54. The zero-order valence-corrected chi connectivity index (χ0v) is 11.1. The summed E-state index contributed by atoms with van der Waals surface area (Å²) in [6.45, 7) is 2.75. The Morgan fingerprint density at radius 3 is 2.76 bits per heavy atom. The normalized spacial score (nSPS) is 10.1. The first kappa shape index (κ1) is 14.0. The number of anilines is 1. The van der Waals surface area contributed by atoms with Crippen LogP contribution in [0.15, 0.2) is 6.07 Å². The number of rotatable bonds is 5. The number of ether oxygens (including phenoxy) is 1. The summed E-state index contributed by atoms with van der Waals surface area (Å²) in [5.41, 5.74) is 0.582. The molecule has 17 heavy (non-hydrogen) atoms. The first-order valence-corrected chi connectivity index (χ1v) is 5.84. The first-order chi connectivity index (χ1) is 8.08. The molecule has 1 rings (SSSR count). The van der Waals surface area contributed by atoms with E-state index in [0.717, 1.165) is 6.42 Å². The average molecular weight is 278 g/mol. The van der Waals surface area contributed by atoms with Crippen molar-refractivity contribution >= 4 is 34.9 Å². The van der Waals surface area contributed by atoms with Crippen molar-refractivity contribution in [1.29, 1.82) is 0 Å². The molecule has 7 heteroatoms. The molecule has 0 saturated heterocycles. The zero-order chi connectivity index (χ0) is 12.8. The van der Waals surface area contributed by atoms with Crippen LogP contribution in [0, 0.1) is 0 Å². The molecule has 1 aromatic rings. The zero-order valence-electron chi connectivity index (χ0n) is 9.61. The number of carbonyl (C=O) groups is 1. The first-order valence-electron chi connectivity index (χ1n) is 5.09. The second-order valence-corrected chi connectivity index (χ2v) is 4.09. The SMILES string of the molecule is CCCN(CC(=O)OC)c1cc(Cl)nnc1Cl. The van der Waals surface area contributed by atoms with E-state index in [0.29, 0.717) is 12.2 Å². The molecule has 1 heterocycles. The molecule has 0 aliphatic heterocycles. The van der Waals surface area contributed by atoms with Gasteiger partial charge in [0.05, 0.1) is 12.8 Å². The van der Waals surface area contributed by atoms with Gasteiger partial charge < -0.3 is 9.64 Å². The molecule has 0 spiro atoms. The number of halogens is 2. The molecule has 0 aliphatic rings. The van der Waals surface area contributed by atoms with Crippen molar-refractivity contribution in [3.63, 3.8) is 0 Å². The fourth-order valence-corrected chi connectivity index (χ4v) is 1.69. The van der Waals surface area contributed by atoms with Gasteiger partial charge in [0, 0.05) is 12.6 Å². The Morgan fingerprint density at radius 1 is 1.47 bits per heavy atom. The molecule has 0 unspecified atom stereocenters. The number of hydrogen-bond donors (Lipinski definition) is 0. The predicted octanol–water partition coefficient (Wildman–Crippen LogP) is 2.17. The topological polar surface area (TPSA) is 55.3 Å². The van der Waals surface area contributed by atoms with Crippen LogP contribution in [0.4, 0.5) is 5.69 Å². The van der Waals surface area contributed by atoms with Gasteiger partial charge in [-0.1, -0.05) is 30.1 Å². The molecule has 0 aliphatic carbocycles. The summed E-state index contributed by atoms with van der Waals surface area (Å²) in [6.07, 6.45) is 0.854. The van der Waals surface area contributed by atoms with E-state index in [1.54, 1.807) is 11.0 Å². The quantitative estimate of drug-likeness (QED) is 0.773. The molecular formula is C10H13Cl2N3O2. The van der Waals surface area contributed by atoms with Gasteiger partial charge in [-0.2, -0.15) is 0 Å². The number of nitrogens with zero attached hydrogens (tertiary/aromatic N) is 3. The Balaban J connectivity index is 2.95. The van der Waals surface area contributed by atoms with Crippen LogP contribution in [-0.2, 0) is 9.53 Å². The van der Waals surface area contributed by atoms with Crippen LogP contribution in [0.1, 0.15) is 13.3 Å². The summed E-state index contributed by atoms with van der Waals surface area (Å²) in [5, 5.41) is 7.77. The largest absolute Gasteiger partial charge is 0.468 e. The number of methoxy groups -OCH3 is 1. The van der Waals surface area contributed by atoms with Gasteiger partial charge >= 0.3 is 5.97 Å². The lowest BCUT2D eigenvalue weighted by atomic mass is 10.3. The lowest BCUT2D eigenvalue weighted by Gasteiger charge is -2.23. The Hall–Kier alpha value is -1.07. The Kier molecular flexibility index (Phi) is 5.44. The lowest BCUT2D eigenvalue weighted by molar-refractivity contribution is -0.138. The van der Waals surface area contributed by atoms with E-state index >= 15 is 0 Å². The molecule has 0 saturated carbocycles. The molecule has 0 atom stereocenters. The Bertz CT molecular complexity index is 401. The maximum Gasteiger partial charge on any atom is 0.325 e. The second-order valence-electron chi connectivity index (χ2n) is 3.34. The highest BCUT2D eigenvalue weighted by Crippen LogP contribution is 2.25. The van der Waals surface area contributed by atoms with Gasteiger partial charge in [-0.15, -0.1) is 10.2 Å². The van der Waals surface area contributed by atoms with Gasteiger partial charge in [0.15, 0.2) is 10.3 Å². The fraction of sp³-hybridized carbons (Fsp3) is 0.500. The van der Waals surface area contributed by atoms with Crippen LogP contribution < -0.4 is 4.90 Å². The van der Waals surface area contributed by atoms with Crippen LogP contribution in [0.25, 0.3) is 0 Å². The molecular weight excluding hydrogens is 265 g/mol. The highest BCUT2D eigenvalue weighted by atomic mass is 35.5. The van der Waals surface area contributed by atoms with Crippen LogP contribution in [-0.4, -0.2) is 36.4 Å². The molecule has 0 aromatic carbocycles. The van der Waals surface area contributed by atoms with Crippen molar-refractivity contribution < 1.29 is 9.53 Å². The van der Waals surface area contributed by atoms with Crippen molar-refractivity contribution in [3.05, 3.63) is 16.4 Å². The number of hydrogen-bond acceptors (Lipinski definition) is 5. The minimum atomic E-state index is -0.345.